The van der Waals surface area contributed by atoms with Gasteiger partial charge in [-0.2, -0.15) is 0 Å². The number of fused-ring (bicyclic) bond motifs is 1. The van der Waals surface area contributed by atoms with Gasteiger partial charge in [-0.15, -0.1) is 0 Å². The second kappa shape index (κ2) is 6.67. The van der Waals surface area contributed by atoms with Crippen molar-refractivity contribution in [2.24, 2.45) is 0 Å². The van der Waals surface area contributed by atoms with E-state index >= 15 is 0 Å². The van der Waals surface area contributed by atoms with Gasteiger partial charge in [0, 0.05) is 32.4 Å². The number of ether oxygens (including phenoxy) is 1. The van der Waals surface area contributed by atoms with E-state index in [4.69, 9.17) is 4.74 Å². The molecule has 2 aliphatic rings. The molecule has 1 aromatic carbocycles. The molecule has 1 atom stereocenters. The fraction of sp³-hybridized carbons (Fsp3) is 0.600. The summed E-state index contributed by atoms with van der Waals surface area (Å²) in [5.74, 6) is 1.03. The number of likely N-dealkylation sites (tertiary alicyclic amines) is 1. The minimum Gasteiger partial charge on any atom is -0.390 e. The number of H-pyrrole nitrogens is 1. The summed E-state index contributed by atoms with van der Waals surface area (Å²) in [5.41, 5.74) is 1.05. The molecule has 1 unspecified atom stereocenters. The van der Waals surface area contributed by atoms with E-state index in [0.29, 0.717) is 45.4 Å². The lowest BCUT2D eigenvalue weighted by molar-refractivity contribution is -0.175. The summed E-state index contributed by atoms with van der Waals surface area (Å²) in [6.07, 6.45) is 4.06. The quantitative estimate of drug-likeness (QED) is 0.884. The van der Waals surface area contributed by atoms with Crippen LogP contribution < -0.4 is 0 Å². The number of carbonyl (C=O) groups is 1. The minimum absolute atomic E-state index is 0.169. The first kappa shape index (κ1) is 17.5. The Hall–Kier alpha value is -1.92. The highest BCUT2D eigenvalue weighted by Crippen LogP contribution is 2.39. The zero-order chi connectivity index (χ0) is 18.2. The molecule has 2 saturated heterocycles. The van der Waals surface area contributed by atoms with Gasteiger partial charge in [-0.3, -0.25) is 4.79 Å². The van der Waals surface area contributed by atoms with Gasteiger partial charge in [0.2, 0.25) is 5.91 Å². The topological polar surface area (TPSA) is 78.5 Å². The van der Waals surface area contributed by atoms with Crippen molar-refractivity contribution in [2.75, 3.05) is 19.7 Å². The largest absolute Gasteiger partial charge is 0.390 e. The summed E-state index contributed by atoms with van der Waals surface area (Å²) >= 11 is 0. The Morgan fingerprint density at radius 3 is 2.81 bits per heavy atom. The number of carbonyl (C=O) groups excluding carboxylic acids is 1. The third kappa shape index (κ3) is 3.62. The van der Waals surface area contributed by atoms with Crippen LogP contribution in [0.2, 0.25) is 0 Å². The number of aliphatic hydroxyl groups is 1. The van der Waals surface area contributed by atoms with Crippen LogP contribution in [-0.2, 0) is 16.0 Å². The predicted molar refractivity (Wildman–Crippen MR) is 98.8 cm³/mol. The molecule has 0 radical (unpaired) electrons. The molecule has 2 aliphatic heterocycles. The standard InChI is InChI=1S/C20H27N3O3/c1-19(25)10-13-26-20(14-19)8-11-23(12-9-20)18(24)7-6-17-21-15-4-2-3-5-16(15)22-17/h2-5,25H,6-14H2,1H3,(H,21,22). The number of nitrogens with zero attached hydrogens (tertiary/aromatic N) is 2. The SMILES string of the molecule is CC1(O)CCOC2(CCN(C(=O)CCc3nc4ccccc4[nH]3)CC2)C1. The molecule has 2 N–H and O–H groups in total. The lowest BCUT2D eigenvalue weighted by atomic mass is 9.78. The number of amides is 1. The fourth-order valence-corrected chi connectivity index (χ4v) is 4.31. The molecule has 2 fully saturated rings. The number of aryl methyl sites for hydroxylation is 1. The number of rotatable bonds is 3. The van der Waals surface area contributed by atoms with Crippen molar-refractivity contribution in [1.29, 1.82) is 0 Å². The van der Waals surface area contributed by atoms with E-state index < -0.39 is 5.60 Å². The molecule has 6 nitrogen and oxygen atoms in total. The molecule has 0 saturated carbocycles. The third-order valence-corrected chi connectivity index (χ3v) is 5.79. The van der Waals surface area contributed by atoms with E-state index in [1.807, 2.05) is 36.1 Å². The molecule has 0 aliphatic carbocycles. The zero-order valence-corrected chi connectivity index (χ0v) is 15.3. The fourth-order valence-electron chi connectivity index (χ4n) is 4.31. The molecular formula is C20H27N3O3. The van der Waals surface area contributed by atoms with E-state index in [0.717, 1.165) is 29.7 Å². The Bertz CT molecular complexity index is 757. The highest BCUT2D eigenvalue weighted by molar-refractivity contribution is 5.77. The summed E-state index contributed by atoms with van der Waals surface area (Å²) in [7, 11) is 0. The number of para-hydroxylation sites is 2. The van der Waals surface area contributed by atoms with E-state index in [-0.39, 0.29) is 11.5 Å². The van der Waals surface area contributed by atoms with Crippen LogP contribution in [-0.4, -0.2) is 56.8 Å². The molecule has 1 aromatic heterocycles. The number of aromatic amines is 1. The molecule has 4 rings (SSSR count). The monoisotopic (exact) mass is 357 g/mol. The van der Waals surface area contributed by atoms with Crippen molar-refractivity contribution < 1.29 is 14.6 Å². The lowest BCUT2D eigenvalue weighted by Crippen LogP contribution is -2.54. The van der Waals surface area contributed by atoms with Gasteiger partial charge < -0.3 is 19.7 Å². The van der Waals surface area contributed by atoms with Gasteiger partial charge in [0.15, 0.2) is 0 Å². The van der Waals surface area contributed by atoms with Crippen LogP contribution in [0.1, 0.15) is 44.9 Å². The number of hydrogen-bond donors (Lipinski definition) is 2. The van der Waals surface area contributed by atoms with Crippen molar-refractivity contribution >= 4 is 16.9 Å². The summed E-state index contributed by atoms with van der Waals surface area (Å²) in [6, 6.07) is 7.91. The Labute approximate surface area is 153 Å². The lowest BCUT2D eigenvalue weighted by Gasteiger charge is -2.48. The normalized spacial score (nSPS) is 25.7. The van der Waals surface area contributed by atoms with Crippen molar-refractivity contribution in [3.8, 4) is 0 Å². The van der Waals surface area contributed by atoms with Gasteiger partial charge in [-0.1, -0.05) is 12.1 Å². The average molecular weight is 357 g/mol. The van der Waals surface area contributed by atoms with Crippen LogP contribution in [0.5, 0.6) is 0 Å². The Balaban J connectivity index is 1.31. The smallest absolute Gasteiger partial charge is 0.223 e. The minimum atomic E-state index is -0.647. The van der Waals surface area contributed by atoms with E-state index in [2.05, 4.69) is 9.97 Å². The first-order valence-electron chi connectivity index (χ1n) is 9.53. The molecule has 1 amide bonds. The molecular weight excluding hydrogens is 330 g/mol. The van der Waals surface area contributed by atoms with Crippen molar-refractivity contribution in [1.82, 2.24) is 14.9 Å². The number of benzene rings is 1. The molecule has 140 valence electrons. The van der Waals surface area contributed by atoms with Gasteiger partial charge in [0.1, 0.15) is 5.82 Å². The molecule has 1 spiro atoms. The summed E-state index contributed by atoms with van der Waals surface area (Å²) in [6.45, 7) is 3.90. The maximum atomic E-state index is 12.6. The highest BCUT2D eigenvalue weighted by atomic mass is 16.5. The Morgan fingerprint density at radius 1 is 1.31 bits per heavy atom. The third-order valence-electron chi connectivity index (χ3n) is 5.79. The number of hydrogen-bond acceptors (Lipinski definition) is 4. The van der Waals surface area contributed by atoms with Crippen LogP contribution in [0.3, 0.4) is 0 Å². The first-order valence-corrected chi connectivity index (χ1v) is 9.53. The van der Waals surface area contributed by atoms with Gasteiger partial charge in [-0.25, -0.2) is 4.98 Å². The second-order valence-electron chi connectivity index (χ2n) is 8.04. The maximum absolute atomic E-state index is 12.6. The van der Waals surface area contributed by atoms with E-state index in [1.54, 1.807) is 0 Å². The molecule has 0 bridgehead atoms. The van der Waals surface area contributed by atoms with Crippen LogP contribution in [0.15, 0.2) is 24.3 Å². The number of aromatic nitrogens is 2. The Morgan fingerprint density at radius 2 is 2.08 bits per heavy atom. The van der Waals surface area contributed by atoms with Crippen LogP contribution in [0.4, 0.5) is 0 Å². The molecule has 26 heavy (non-hydrogen) atoms. The average Bonchev–Trinajstić information content (AvgIpc) is 3.02. The summed E-state index contributed by atoms with van der Waals surface area (Å²) in [5, 5.41) is 10.4. The number of nitrogens with one attached hydrogen (secondary N) is 1. The maximum Gasteiger partial charge on any atom is 0.223 e. The van der Waals surface area contributed by atoms with Gasteiger partial charge in [-0.05, 0) is 38.3 Å². The van der Waals surface area contributed by atoms with E-state index in [9.17, 15) is 9.90 Å². The van der Waals surface area contributed by atoms with Crippen LogP contribution >= 0.6 is 0 Å². The number of imidazole rings is 1. The Kier molecular flexibility index (Phi) is 4.49. The number of piperidine rings is 1. The highest BCUT2D eigenvalue weighted by Gasteiger charge is 2.44. The van der Waals surface area contributed by atoms with Crippen molar-refractivity contribution in [3.63, 3.8) is 0 Å². The second-order valence-corrected chi connectivity index (χ2v) is 8.04. The molecule has 3 heterocycles. The van der Waals surface area contributed by atoms with Crippen molar-refractivity contribution in [2.45, 2.75) is 56.7 Å². The van der Waals surface area contributed by atoms with Gasteiger partial charge >= 0.3 is 0 Å². The zero-order valence-electron chi connectivity index (χ0n) is 15.3. The summed E-state index contributed by atoms with van der Waals surface area (Å²) < 4.78 is 6.02. The predicted octanol–water partition coefficient (Wildman–Crippen LogP) is 2.42. The van der Waals surface area contributed by atoms with Crippen LogP contribution in [0, 0.1) is 0 Å². The van der Waals surface area contributed by atoms with Crippen molar-refractivity contribution in [3.05, 3.63) is 30.1 Å². The van der Waals surface area contributed by atoms with E-state index in [1.165, 1.54) is 0 Å². The molecule has 6 heteroatoms. The van der Waals surface area contributed by atoms with Crippen LogP contribution in [0.25, 0.3) is 11.0 Å². The van der Waals surface area contributed by atoms with Gasteiger partial charge in [0.25, 0.3) is 0 Å². The molecule has 2 aromatic rings. The first-order chi connectivity index (χ1) is 12.4. The van der Waals surface area contributed by atoms with Gasteiger partial charge in [0.05, 0.1) is 28.8 Å². The summed E-state index contributed by atoms with van der Waals surface area (Å²) in [4.78, 5) is 22.3.